The summed E-state index contributed by atoms with van der Waals surface area (Å²) in [7, 11) is 0. The number of nitrogens with two attached hydrogens (primary N) is 1. The van der Waals surface area contributed by atoms with Crippen LogP contribution in [0.1, 0.15) is 12.8 Å². The SMILES string of the molecule is Nc1nc(Nc2ccc(OC3CC(O)C3)c(Cl)c2)ncc1F. The Bertz CT molecular complexity index is 695. The highest BCUT2D eigenvalue weighted by Crippen LogP contribution is 2.33. The zero-order chi connectivity index (χ0) is 15.7. The van der Waals surface area contributed by atoms with Crippen molar-refractivity contribution >= 4 is 29.1 Å². The molecule has 4 N–H and O–H groups in total. The quantitative estimate of drug-likeness (QED) is 0.800. The molecule has 1 aromatic heterocycles. The predicted octanol–water partition coefficient (Wildman–Crippen LogP) is 2.50. The molecule has 0 spiro atoms. The maximum atomic E-state index is 13.0. The first kappa shape index (κ1) is 14.8. The van der Waals surface area contributed by atoms with Crippen LogP contribution in [0.4, 0.5) is 21.8 Å². The Morgan fingerprint density at radius 1 is 1.41 bits per heavy atom. The number of hydrogen-bond acceptors (Lipinski definition) is 6. The highest BCUT2D eigenvalue weighted by atomic mass is 35.5. The first-order valence-corrected chi connectivity index (χ1v) is 7.08. The smallest absolute Gasteiger partial charge is 0.229 e. The number of benzene rings is 1. The van der Waals surface area contributed by atoms with Gasteiger partial charge in [0.15, 0.2) is 11.6 Å². The zero-order valence-corrected chi connectivity index (χ0v) is 12.2. The molecular weight excluding hydrogens is 311 g/mol. The zero-order valence-electron chi connectivity index (χ0n) is 11.5. The van der Waals surface area contributed by atoms with Crippen molar-refractivity contribution in [3.63, 3.8) is 0 Å². The van der Waals surface area contributed by atoms with Crippen LogP contribution in [0, 0.1) is 5.82 Å². The summed E-state index contributed by atoms with van der Waals surface area (Å²) >= 11 is 6.16. The minimum Gasteiger partial charge on any atom is -0.489 e. The van der Waals surface area contributed by atoms with Crippen LogP contribution >= 0.6 is 11.6 Å². The maximum absolute atomic E-state index is 13.0. The monoisotopic (exact) mass is 324 g/mol. The van der Waals surface area contributed by atoms with E-state index in [1.807, 2.05) is 0 Å². The minimum atomic E-state index is -0.671. The summed E-state index contributed by atoms with van der Waals surface area (Å²) in [4.78, 5) is 7.56. The molecule has 0 aliphatic heterocycles. The van der Waals surface area contributed by atoms with Crippen molar-refractivity contribution in [2.75, 3.05) is 11.1 Å². The third-order valence-electron chi connectivity index (χ3n) is 3.32. The summed E-state index contributed by atoms with van der Waals surface area (Å²) in [6.45, 7) is 0. The molecule has 0 amide bonds. The van der Waals surface area contributed by atoms with Gasteiger partial charge < -0.3 is 20.9 Å². The van der Waals surface area contributed by atoms with E-state index in [-0.39, 0.29) is 24.0 Å². The van der Waals surface area contributed by atoms with E-state index in [0.717, 1.165) is 6.20 Å². The van der Waals surface area contributed by atoms with Crippen molar-refractivity contribution in [3.8, 4) is 5.75 Å². The molecule has 0 saturated heterocycles. The standard InChI is InChI=1S/C14H14ClFN4O2/c15-10-3-7(19-14-18-6-11(16)13(17)20-14)1-2-12(10)22-9-4-8(21)5-9/h1-3,6,8-9,21H,4-5H2,(H3,17,18,19,20). The van der Waals surface area contributed by atoms with Crippen molar-refractivity contribution in [3.05, 3.63) is 35.2 Å². The van der Waals surface area contributed by atoms with Crippen molar-refractivity contribution in [1.29, 1.82) is 0 Å². The lowest BCUT2D eigenvalue weighted by molar-refractivity contribution is -0.0107. The van der Waals surface area contributed by atoms with Crippen molar-refractivity contribution in [1.82, 2.24) is 9.97 Å². The molecule has 1 aliphatic carbocycles. The van der Waals surface area contributed by atoms with E-state index in [2.05, 4.69) is 15.3 Å². The fraction of sp³-hybridized carbons (Fsp3) is 0.286. The maximum Gasteiger partial charge on any atom is 0.229 e. The van der Waals surface area contributed by atoms with Gasteiger partial charge in [-0.15, -0.1) is 0 Å². The Hall–Kier alpha value is -2.12. The Kier molecular flexibility index (Phi) is 4.00. The minimum absolute atomic E-state index is 0.00783. The van der Waals surface area contributed by atoms with Crippen LogP contribution < -0.4 is 15.8 Å². The predicted molar refractivity (Wildman–Crippen MR) is 80.8 cm³/mol. The van der Waals surface area contributed by atoms with Gasteiger partial charge in [-0.05, 0) is 18.2 Å². The normalized spacial score (nSPS) is 20.3. The lowest BCUT2D eigenvalue weighted by atomic mass is 9.92. The van der Waals surface area contributed by atoms with E-state index in [1.165, 1.54) is 0 Å². The molecule has 2 aromatic rings. The van der Waals surface area contributed by atoms with Crippen molar-refractivity contribution in [2.45, 2.75) is 25.0 Å². The molecule has 1 saturated carbocycles. The first-order valence-electron chi connectivity index (χ1n) is 6.70. The summed E-state index contributed by atoms with van der Waals surface area (Å²) in [5.74, 6) is -0.184. The number of ether oxygens (including phenoxy) is 1. The molecule has 1 aromatic carbocycles. The van der Waals surface area contributed by atoms with Gasteiger partial charge in [-0.25, -0.2) is 9.37 Å². The van der Waals surface area contributed by atoms with Gasteiger partial charge in [-0.2, -0.15) is 4.98 Å². The van der Waals surface area contributed by atoms with Crippen LogP contribution in [0.5, 0.6) is 5.75 Å². The highest BCUT2D eigenvalue weighted by Gasteiger charge is 2.29. The number of hydrogen-bond donors (Lipinski definition) is 3. The summed E-state index contributed by atoms with van der Waals surface area (Å²) in [6, 6.07) is 5.09. The average molecular weight is 325 g/mol. The third kappa shape index (κ3) is 3.20. The number of halogens is 2. The molecule has 0 bridgehead atoms. The number of aliphatic hydroxyl groups excluding tert-OH is 1. The molecular formula is C14H14ClFN4O2. The molecule has 0 unspecified atom stereocenters. The van der Waals surface area contributed by atoms with Gasteiger partial charge in [0.1, 0.15) is 11.9 Å². The lowest BCUT2D eigenvalue weighted by Crippen LogP contribution is -2.37. The Morgan fingerprint density at radius 2 is 2.18 bits per heavy atom. The van der Waals surface area contributed by atoms with Crippen molar-refractivity contribution in [2.24, 2.45) is 0 Å². The van der Waals surface area contributed by atoms with Gasteiger partial charge in [-0.3, -0.25) is 0 Å². The van der Waals surface area contributed by atoms with Crippen LogP contribution in [0.3, 0.4) is 0 Å². The second kappa shape index (κ2) is 5.94. The molecule has 6 nitrogen and oxygen atoms in total. The summed E-state index contributed by atoms with van der Waals surface area (Å²) in [5.41, 5.74) is 6.01. The molecule has 22 heavy (non-hydrogen) atoms. The first-order chi connectivity index (χ1) is 10.5. The van der Waals surface area contributed by atoms with E-state index < -0.39 is 5.82 Å². The van der Waals surface area contributed by atoms with Gasteiger partial charge in [0, 0.05) is 18.5 Å². The third-order valence-corrected chi connectivity index (χ3v) is 3.62. The van der Waals surface area contributed by atoms with Gasteiger partial charge in [0.25, 0.3) is 0 Å². The molecule has 1 heterocycles. The molecule has 8 heteroatoms. The largest absolute Gasteiger partial charge is 0.489 e. The number of aromatic nitrogens is 2. The molecule has 0 atom stereocenters. The molecule has 0 radical (unpaired) electrons. The Balaban J connectivity index is 1.69. The number of anilines is 3. The van der Waals surface area contributed by atoms with Gasteiger partial charge >= 0.3 is 0 Å². The summed E-state index contributed by atoms with van der Waals surface area (Å²) in [6.07, 6.45) is 1.92. The van der Waals surface area contributed by atoms with Gasteiger partial charge in [0.05, 0.1) is 17.3 Å². The van der Waals surface area contributed by atoms with Crippen LogP contribution in [0.25, 0.3) is 0 Å². The van der Waals surface area contributed by atoms with Crippen LogP contribution in [0.2, 0.25) is 5.02 Å². The molecule has 116 valence electrons. The second-order valence-electron chi connectivity index (χ2n) is 5.06. The Labute approximate surface area is 131 Å². The average Bonchev–Trinajstić information content (AvgIpc) is 2.44. The van der Waals surface area contributed by atoms with E-state index in [9.17, 15) is 9.50 Å². The Morgan fingerprint density at radius 3 is 2.82 bits per heavy atom. The molecule has 1 aliphatic rings. The number of aliphatic hydroxyl groups is 1. The number of nitrogens with zero attached hydrogens (tertiary/aromatic N) is 2. The fourth-order valence-electron chi connectivity index (χ4n) is 2.06. The highest BCUT2D eigenvalue weighted by molar-refractivity contribution is 6.32. The van der Waals surface area contributed by atoms with Gasteiger partial charge in [0.2, 0.25) is 5.95 Å². The van der Waals surface area contributed by atoms with E-state index in [4.69, 9.17) is 22.1 Å². The molecule has 3 rings (SSSR count). The van der Waals surface area contributed by atoms with Gasteiger partial charge in [-0.1, -0.05) is 11.6 Å². The number of nitrogens with one attached hydrogen (secondary N) is 1. The lowest BCUT2D eigenvalue weighted by Gasteiger charge is -2.31. The van der Waals surface area contributed by atoms with E-state index in [0.29, 0.717) is 29.3 Å². The van der Waals surface area contributed by atoms with Crippen LogP contribution in [-0.2, 0) is 0 Å². The number of nitrogen functional groups attached to an aromatic ring is 1. The van der Waals surface area contributed by atoms with Crippen LogP contribution in [-0.4, -0.2) is 27.3 Å². The van der Waals surface area contributed by atoms with E-state index in [1.54, 1.807) is 18.2 Å². The summed E-state index contributed by atoms with van der Waals surface area (Å²) < 4.78 is 18.7. The second-order valence-corrected chi connectivity index (χ2v) is 5.47. The van der Waals surface area contributed by atoms with E-state index >= 15 is 0 Å². The summed E-state index contributed by atoms with van der Waals surface area (Å²) in [5, 5.41) is 12.5. The fourth-order valence-corrected chi connectivity index (χ4v) is 2.28. The molecule has 1 fully saturated rings. The topological polar surface area (TPSA) is 93.3 Å². The van der Waals surface area contributed by atoms with Crippen LogP contribution in [0.15, 0.2) is 24.4 Å². The number of rotatable bonds is 4. The van der Waals surface area contributed by atoms with Crippen molar-refractivity contribution < 1.29 is 14.2 Å².